The van der Waals surface area contributed by atoms with Crippen molar-refractivity contribution in [3.63, 3.8) is 0 Å². The number of aryl methyl sites for hydroxylation is 1. The highest BCUT2D eigenvalue weighted by atomic mass is 32.1. The Balaban J connectivity index is 2.22. The molecule has 0 spiro atoms. The van der Waals surface area contributed by atoms with Crippen molar-refractivity contribution in [3.05, 3.63) is 16.1 Å². The van der Waals surface area contributed by atoms with E-state index in [1.54, 1.807) is 11.3 Å². The first-order valence-electron chi connectivity index (χ1n) is 7.00. The van der Waals surface area contributed by atoms with E-state index >= 15 is 0 Å². The van der Waals surface area contributed by atoms with Crippen LogP contribution in [0.15, 0.2) is 10.5 Å². The van der Waals surface area contributed by atoms with Gasteiger partial charge in [0, 0.05) is 16.5 Å². The van der Waals surface area contributed by atoms with Gasteiger partial charge in [-0.25, -0.2) is 4.98 Å². The van der Waals surface area contributed by atoms with Crippen LogP contribution in [0.4, 0.5) is 0 Å². The van der Waals surface area contributed by atoms with Crippen molar-refractivity contribution in [2.75, 3.05) is 6.54 Å². The van der Waals surface area contributed by atoms with E-state index in [2.05, 4.69) is 27.8 Å². The lowest BCUT2D eigenvalue weighted by atomic mass is 9.86. The highest BCUT2D eigenvalue weighted by Gasteiger charge is 2.22. The number of hydrogen-bond donors (Lipinski definition) is 3. The molecule has 0 bridgehead atoms. The van der Waals surface area contributed by atoms with Crippen LogP contribution in [0.5, 0.6) is 0 Å². The minimum absolute atomic E-state index is 0.243. The van der Waals surface area contributed by atoms with Gasteiger partial charge in [0.1, 0.15) is 10.8 Å². The van der Waals surface area contributed by atoms with Gasteiger partial charge >= 0.3 is 0 Å². The highest BCUT2D eigenvalue weighted by Crippen LogP contribution is 2.23. The molecule has 0 aliphatic carbocycles. The average molecular weight is 298 g/mol. The molecule has 20 heavy (non-hydrogen) atoms. The summed E-state index contributed by atoms with van der Waals surface area (Å²) in [4.78, 5) is 4.48. The summed E-state index contributed by atoms with van der Waals surface area (Å²) in [5, 5.41) is 18.5. The number of amidine groups is 1. The maximum absolute atomic E-state index is 8.72. The summed E-state index contributed by atoms with van der Waals surface area (Å²) in [5.74, 6) is 0.303. The van der Waals surface area contributed by atoms with Gasteiger partial charge in [-0.15, -0.1) is 11.3 Å². The number of nitrogens with zero attached hydrogens (tertiary/aromatic N) is 2. The second-order valence-electron chi connectivity index (χ2n) is 5.83. The monoisotopic (exact) mass is 298 g/mol. The Morgan fingerprint density at radius 3 is 2.80 bits per heavy atom. The third kappa shape index (κ3) is 5.09. The van der Waals surface area contributed by atoms with E-state index in [-0.39, 0.29) is 5.41 Å². The van der Waals surface area contributed by atoms with E-state index in [0.29, 0.717) is 11.9 Å². The van der Waals surface area contributed by atoms with Gasteiger partial charge in [0.2, 0.25) is 0 Å². The number of nitrogens with one attached hydrogen (secondary N) is 1. The molecule has 0 fully saturated rings. The fraction of sp³-hybridized carbons (Fsp3) is 0.714. The van der Waals surface area contributed by atoms with Gasteiger partial charge in [-0.1, -0.05) is 25.4 Å². The Kier molecular flexibility index (Phi) is 6.42. The minimum atomic E-state index is -0.243. The Labute approximate surface area is 125 Å². The summed E-state index contributed by atoms with van der Waals surface area (Å²) in [7, 11) is 0. The van der Waals surface area contributed by atoms with Crippen molar-refractivity contribution < 1.29 is 5.21 Å². The first kappa shape index (κ1) is 16.9. The molecule has 6 heteroatoms. The number of thiazole rings is 1. The van der Waals surface area contributed by atoms with E-state index in [0.717, 1.165) is 36.5 Å². The van der Waals surface area contributed by atoms with Gasteiger partial charge in [-0.3, -0.25) is 0 Å². The van der Waals surface area contributed by atoms with E-state index in [4.69, 9.17) is 10.9 Å². The maximum Gasteiger partial charge on any atom is 0.144 e. The van der Waals surface area contributed by atoms with Crippen LogP contribution in [0.2, 0.25) is 0 Å². The fourth-order valence-corrected chi connectivity index (χ4v) is 2.76. The van der Waals surface area contributed by atoms with Crippen LogP contribution >= 0.6 is 11.3 Å². The van der Waals surface area contributed by atoms with Crippen molar-refractivity contribution in [2.24, 2.45) is 16.3 Å². The van der Waals surface area contributed by atoms with Crippen LogP contribution in [-0.4, -0.2) is 22.6 Å². The van der Waals surface area contributed by atoms with Crippen LogP contribution in [0, 0.1) is 12.3 Å². The Bertz CT molecular complexity index is 442. The standard InChI is InChI=1S/C14H26N4OS/c1-10-9-20-12(17-10)11(2)16-8-6-5-7-14(3,4)13(15)18-19/h9,11,16,19H,5-8H2,1-4H3,(H2,15,18). The Morgan fingerprint density at radius 1 is 1.55 bits per heavy atom. The molecule has 0 aliphatic rings. The molecule has 1 aromatic rings. The van der Waals surface area contributed by atoms with Crippen LogP contribution in [0.25, 0.3) is 0 Å². The second kappa shape index (κ2) is 7.59. The molecular formula is C14H26N4OS. The molecule has 1 unspecified atom stereocenters. The zero-order valence-electron chi connectivity index (χ0n) is 12.8. The van der Waals surface area contributed by atoms with Crippen molar-refractivity contribution in [1.82, 2.24) is 10.3 Å². The summed E-state index contributed by atoms with van der Waals surface area (Å²) >= 11 is 1.70. The van der Waals surface area contributed by atoms with Gasteiger partial charge < -0.3 is 16.3 Å². The highest BCUT2D eigenvalue weighted by molar-refractivity contribution is 7.09. The molecule has 0 saturated heterocycles. The van der Waals surface area contributed by atoms with Gasteiger partial charge in [-0.05, 0) is 33.2 Å². The van der Waals surface area contributed by atoms with Gasteiger partial charge in [0.15, 0.2) is 0 Å². The molecule has 0 aromatic carbocycles. The van der Waals surface area contributed by atoms with E-state index < -0.39 is 0 Å². The Hall–Kier alpha value is -1.14. The van der Waals surface area contributed by atoms with E-state index in [9.17, 15) is 0 Å². The maximum atomic E-state index is 8.72. The molecular weight excluding hydrogens is 272 g/mol. The first-order valence-corrected chi connectivity index (χ1v) is 7.88. The zero-order valence-corrected chi connectivity index (χ0v) is 13.6. The van der Waals surface area contributed by atoms with E-state index in [1.165, 1.54) is 0 Å². The summed E-state index contributed by atoms with van der Waals surface area (Å²) in [6.07, 6.45) is 3.02. The number of aromatic nitrogens is 1. The lowest BCUT2D eigenvalue weighted by molar-refractivity contribution is 0.304. The molecule has 4 N–H and O–H groups in total. The molecule has 1 aromatic heterocycles. The van der Waals surface area contributed by atoms with Crippen LogP contribution in [0.1, 0.15) is 56.8 Å². The molecule has 1 heterocycles. The molecule has 0 saturated carbocycles. The third-order valence-electron chi connectivity index (χ3n) is 3.49. The Morgan fingerprint density at radius 2 is 2.25 bits per heavy atom. The van der Waals surface area contributed by atoms with Gasteiger partial charge in [0.25, 0.3) is 0 Å². The fourth-order valence-electron chi connectivity index (χ4n) is 1.93. The van der Waals surface area contributed by atoms with Crippen LogP contribution < -0.4 is 11.1 Å². The van der Waals surface area contributed by atoms with Gasteiger partial charge in [-0.2, -0.15) is 0 Å². The molecule has 5 nitrogen and oxygen atoms in total. The molecule has 114 valence electrons. The first-order chi connectivity index (χ1) is 9.36. The van der Waals surface area contributed by atoms with Crippen LogP contribution in [0.3, 0.4) is 0 Å². The van der Waals surface area contributed by atoms with E-state index in [1.807, 2.05) is 20.8 Å². The largest absolute Gasteiger partial charge is 0.409 e. The van der Waals surface area contributed by atoms with Crippen molar-refractivity contribution >= 4 is 17.2 Å². The minimum Gasteiger partial charge on any atom is -0.409 e. The van der Waals surface area contributed by atoms with Crippen molar-refractivity contribution in [3.8, 4) is 0 Å². The number of rotatable bonds is 8. The third-order valence-corrected chi connectivity index (χ3v) is 4.63. The number of unbranched alkanes of at least 4 members (excludes halogenated alkanes) is 1. The molecule has 1 rings (SSSR count). The average Bonchev–Trinajstić information content (AvgIpc) is 2.83. The predicted octanol–water partition coefficient (Wildman–Crippen LogP) is 3.05. The van der Waals surface area contributed by atoms with Crippen molar-refractivity contribution in [2.45, 2.75) is 53.0 Å². The predicted molar refractivity (Wildman–Crippen MR) is 84.3 cm³/mol. The smallest absolute Gasteiger partial charge is 0.144 e. The SMILES string of the molecule is Cc1csc(C(C)NCCCCC(C)(C)C(N)=NO)n1. The lowest BCUT2D eigenvalue weighted by Gasteiger charge is -2.22. The number of oxime groups is 1. The quantitative estimate of drug-likeness (QED) is 0.226. The summed E-state index contributed by atoms with van der Waals surface area (Å²) in [6.45, 7) is 9.10. The summed E-state index contributed by atoms with van der Waals surface area (Å²) < 4.78 is 0. The van der Waals surface area contributed by atoms with Crippen molar-refractivity contribution in [1.29, 1.82) is 0 Å². The number of hydrogen-bond acceptors (Lipinski definition) is 5. The van der Waals surface area contributed by atoms with Crippen LogP contribution in [-0.2, 0) is 0 Å². The molecule has 0 radical (unpaired) electrons. The van der Waals surface area contributed by atoms with Gasteiger partial charge in [0.05, 0.1) is 6.04 Å². The zero-order chi connectivity index (χ0) is 15.2. The normalized spacial score (nSPS) is 14.5. The second-order valence-corrected chi connectivity index (χ2v) is 6.72. The molecule has 1 atom stereocenters. The summed E-state index contributed by atoms with van der Waals surface area (Å²) in [6, 6.07) is 0.297. The molecule has 0 aliphatic heterocycles. The summed E-state index contributed by atoms with van der Waals surface area (Å²) in [5.41, 5.74) is 6.51. The lowest BCUT2D eigenvalue weighted by Crippen LogP contribution is -2.32. The number of nitrogens with two attached hydrogens (primary N) is 1. The molecule has 0 amide bonds. The topological polar surface area (TPSA) is 83.5 Å².